The predicted molar refractivity (Wildman–Crippen MR) is 100 cm³/mol. The molecule has 9 heteroatoms. The number of primary amides is 1. The largest absolute Gasteiger partial charge is 0.365 e. The Bertz CT molecular complexity index is 989. The Morgan fingerprint density at radius 3 is 2.56 bits per heavy atom. The van der Waals surface area contributed by atoms with Crippen molar-refractivity contribution in [2.24, 2.45) is 11.7 Å². The van der Waals surface area contributed by atoms with Crippen molar-refractivity contribution in [2.45, 2.75) is 36.6 Å². The highest BCUT2D eigenvalue weighted by atomic mass is 32.2. The molecular weight excluding hydrogens is 366 g/mol. The molecule has 1 saturated carbocycles. The Balaban J connectivity index is 1.90. The van der Waals surface area contributed by atoms with Crippen LogP contribution >= 0.6 is 0 Å². The third kappa shape index (κ3) is 4.11. The zero-order valence-corrected chi connectivity index (χ0v) is 15.7. The van der Waals surface area contributed by atoms with Crippen molar-refractivity contribution in [3.63, 3.8) is 0 Å². The van der Waals surface area contributed by atoms with Crippen LogP contribution in [0.15, 0.2) is 35.4 Å². The van der Waals surface area contributed by atoms with Crippen molar-refractivity contribution in [3.05, 3.63) is 36.0 Å². The molecule has 2 atom stereocenters. The van der Waals surface area contributed by atoms with Gasteiger partial charge in [0.2, 0.25) is 0 Å². The first-order chi connectivity index (χ1) is 12.8. The molecule has 1 heterocycles. The number of aromatic nitrogens is 2. The lowest BCUT2D eigenvalue weighted by Gasteiger charge is -2.26. The van der Waals surface area contributed by atoms with Crippen LogP contribution in [0.25, 0.3) is 0 Å². The SMILES string of the molecule is CS(=O)(=O)c1ccc(Nc2nn([C@H]3CCCCC3C#N)cc2C(N)=O)cc1. The molecule has 27 heavy (non-hydrogen) atoms. The minimum absolute atomic E-state index is 0.0926. The smallest absolute Gasteiger partial charge is 0.254 e. The number of nitriles is 1. The van der Waals surface area contributed by atoms with Crippen LogP contribution in [0.2, 0.25) is 0 Å². The summed E-state index contributed by atoms with van der Waals surface area (Å²) in [4.78, 5) is 12.0. The standard InChI is InChI=1S/C18H21N5O3S/c1-27(25,26)14-8-6-13(7-9-14)21-18-15(17(20)24)11-23(22-18)16-5-3-2-4-12(16)10-19/h6-9,11-12,16H,2-5H2,1H3,(H2,20,24)(H,21,22)/t12?,16-/m0/s1. The summed E-state index contributed by atoms with van der Waals surface area (Å²) >= 11 is 0. The van der Waals surface area contributed by atoms with Crippen molar-refractivity contribution in [3.8, 4) is 6.07 Å². The molecule has 3 rings (SSSR count). The molecule has 2 aromatic rings. The maximum absolute atomic E-state index is 11.8. The van der Waals surface area contributed by atoms with E-state index in [0.29, 0.717) is 5.69 Å². The van der Waals surface area contributed by atoms with E-state index in [0.717, 1.165) is 31.9 Å². The minimum Gasteiger partial charge on any atom is -0.365 e. The number of nitrogens with two attached hydrogens (primary N) is 1. The van der Waals surface area contributed by atoms with Gasteiger partial charge in [-0.15, -0.1) is 0 Å². The zero-order valence-electron chi connectivity index (χ0n) is 14.9. The van der Waals surface area contributed by atoms with Crippen LogP contribution in [0, 0.1) is 17.2 Å². The number of hydrogen-bond acceptors (Lipinski definition) is 6. The van der Waals surface area contributed by atoms with Crippen molar-refractivity contribution in [1.29, 1.82) is 5.26 Å². The summed E-state index contributed by atoms with van der Waals surface area (Å²) in [5.74, 6) is -0.487. The van der Waals surface area contributed by atoms with Gasteiger partial charge in [-0.1, -0.05) is 12.8 Å². The van der Waals surface area contributed by atoms with Gasteiger partial charge >= 0.3 is 0 Å². The average molecular weight is 387 g/mol. The van der Waals surface area contributed by atoms with Crippen molar-refractivity contribution >= 4 is 27.2 Å². The van der Waals surface area contributed by atoms with E-state index < -0.39 is 15.7 Å². The molecule has 0 spiro atoms. The lowest BCUT2D eigenvalue weighted by molar-refractivity contribution is 0.100. The Hall–Kier alpha value is -2.86. The van der Waals surface area contributed by atoms with Gasteiger partial charge in [0.25, 0.3) is 5.91 Å². The molecule has 0 aliphatic heterocycles. The van der Waals surface area contributed by atoms with Gasteiger partial charge in [-0.25, -0.2) is 8.42 Å². The highest BCUT2D eigenvalue weighted by Gasteiger charge is 2.28. The second-order valence-corrected chi connectivity index (χ2v) is 8.76. The second-order valence-electron chi connectivity index (χ2n) is 6.74. The number of anilines is 2. The number of amides is 1. The molecule has 1 amide bonds. The van der Waals surface area contributed by atoms with Crippen LogP contribution in [0.4, 0.5) is 11.5 Å². The van der Waals surface area contributed by atoms with Crippen LogP contribution in [0.3, 0.4) is 0 Å². The number of sulfone groups is 1. The summed E-state index contributed by atoms with van der Waals surface area (Å²) in [5, 5.41) is 16.9. The van der Waals surface area contributed by atoms with Gasteiger partial charge in [-0.2, -0.15) is 10.4 Å². The van der Waals surface area contributed by atoms with Gasteiger partial charge in [0.1, 0.15) is 5.56 Å². The summed E-state index contributed by atoms with van der Waals surface area (Å²) in [6.45, 7) is 0. The molecule has 0 radical (unpaired) electrons. The maximum Gasteiger partial charge on any atom is 0.254 e. The van der Waals surface area contributed by atoms with Crippen molar-refractivity contribution < 1.29 is 13.2 Å². The van der Waals surface area contributed by atoms with E-state index in [4.69, 9.17) is 5.73 Å². The van der Waals surface area contributed by atoms with Gasteiger partial charge in [-0.3, -0.25) is 9.48 Å². The minimum atomic E-state index is -3.29. The summed E-state index contributed by atoms with van der Waals surface area (Å²) < 4.78 is 24.8. The number of nitrogens with zero attached hydrogens (tertiary/aromatic N) is 3. The van der Waals surface area contributed by atoms with E-state index in [9.17, 15) is 18.5 Å². The number of rotatable bonds is 5. The first-order valence-corrected chi connectivity index (χ1v) is 10.5. The molecule has 1 aromatic heterocycles. The quantitative estimate of drug-likeness (QED) is 0.810. The van der Waals surface area contributed by atoms with Crippen LogP contribution in [0.5, 0.6) is 0 Å². The molecule has 1 aliphatic carbocycles. The van der Waals surface area contributed by atoms with Gasteiger partial charge < -0.3 is 11.1 Å². The van der Waals surface area contributed by atoms with E-state index in [1.807, 2.05) is 0 Å². The summed E-state index contributed by atoms with van der Waals surface area (Å²) in [5.41, 5.74) is 6.29. The normalized spacial score (nSPS) is 20.0. The van der Waals surface area contributed by atoms with E-state index in [-0.39, 0.29) is 28.2 Å². The molecule has 3 N–H and O–H groups in total. The van der Waals surface area contributed by atoms with Crippen LogP contribution in [-0.4, -0.2) is 30.4 Å². The van der Waals surface area contributed by atoms with Gasteiger partial charge in [0.05, 0.1) is 22.9 Å². The van der Waals surface area contributed by atoms with Gasteiger partial charge in [-0.05, 0) is 37.1 Å². The Morgan fingerprint density at radius 2 is 1.96 bits per heavy atom. The molecule has 0 saturated heterocycles. The molecule has 1 aromatic carbocycles. The number of carbonyl (C=O) groups is 1. The van der Waals surface area contributed by atoms with Crippen molar-refractivity contribution in [1.82, 2.24) is 9.78 Å². The zero-order chi connectivity index (χ0) is 19.6. The number of carbonyl (C=O) groups excluding carboxylic acids is 1. The molecule has 1 aliphatic rings. The predicted octanol–water partition coefficient (Wildman–Crippen LogP) is 2.38. The highest BCUT2D eigenvalue weighted by Crippen LogP contribution is 2.34. The fourth-order valence-corrected chi connectivity index (χ4v) is 3.97. The van der Waals surface area contributed by atoms with Gasteiger partial charge in [0, 0.05) is 18.1 Å². The first kappa shape index (κ1) is 18.9. The third-order valence-electron chi connectivity index (χ3n) is 4.78. The molecule has 1 fully saturated rings. The van der Waals surface area contributed by atoms with Crippen molar-refractivity contribution in [2.75, 3.05) is 11.6 Å². The Labute approximate surface area is 157 Å². The summed E-state index contributed by atoms with van der Waals surface area (Å²) in [6, 6.07) is 8.38. The van der Waals surface area contributed by atoms with Gasteiger partial charge in [0.15, 0.2) is 15.7 Å². The average Bonchev–Trinajstić information content (AvgIpc) is 3.05. The number of nitrogens with one attached hydrogen (secondary N) is 1. The second kappa shape index (κ2) is 7.40. The highest BCUT2D eigenvalue weighted by molar-refractivity contribution is 7.90. The monoisotopic (exact) mass is 387 g/mol. The fraction of sp³-hybridized carbons (Fsp3) is 0.389. The van der Waals surface area contributed by atoms with E-state index >= 15 is 0 Å². The first-order valence-electron chi connectivity index (χ1n) is 8.65. The Kier molecular flexibility index (Phi) is 5.19. The number of benzene rings is 1. The molecule has 8 nitrogen and oxygen atoms in total. The Morgan fingerprint density at radius 1 is 1.30 bits per heavy atom. The topological polar surface area (TPSA) is 131 Å². The van der Waals surface area contributed by atoms with E-state index in [1.165, 1.54) is 12.1 Å². The number of hydrogen-bond donors (Lipinski definition) is 2. The molecular formula is C18H21N5O3S. The third-order valence-corrected chi connectivity index (χ3v) is 5.91. The lowest BCUT2D eigenvalue weighted by Crippen LogP contribution is -2.22. The summed E-state index contributed by atoms with van der Waals surface area (Å²) in [6.07, 6.45) is 6.36. The van der Waals surface area contributed by atoms with Crippen LogP contribution < -0.4 is 11.1 Å². The summed E-state index contributed by atoms with van der Waals surface area (Å²) in [7, 11) is -3.29. The van der Waals surface area contributed by atoms with E-state index in [2.05, 4.69) is 16.5 Å². The maximum atomic E-state index is 11.8. The molecule has 0 bridgehead atoms. The lowest BCUT2D eigenvalue weighted by atomic mass is 9.85. The molecule has 142 valence electrons. The van der Waals surface area contributed by atoms with Crippen LogP contribution in [0.1, 0.15) is 42.1 Å². The fourth-order valence-electron chi connectivity index (χ4n) is 3.33. The van der Waals surface area contributed by atoms with E-state index in [1.54, 1.807) is 23.0 Å². The van der Waals surface area contributed by atoms with Crippen LogP contribution in [-0.2, 0) is 9.84 Å². The molecule has 1 unspecified atom stereocenters.